The topological polar surface area (TPSA) is 82.1 Å². The van der Waals surface area contributed by atoms with Crippen LogP contribution >= 0.6 is 0 Å². The molecule has 7 heteroatoms. The van der Waals surface area contributed by atoms with Gasteiger partial charge in [0.05, 0.1) is 11.7 Å². The second kappa shape index (κ2) is 9.12. The summed E-state index contributed by atoms with van der Waals surface area (Å²) in [5.74, 6) is 1.04. The van der Waals surface area contributed by atoms with E-state index in [9.17, 15) is 9.59 Å². The van der Waals surface area contributed by atoms with Crippen LogP contribution in [0.1, 0.15) is 105 Å². The third-order valence-corrected chi connectivity index (χ3v) is 7.65. The summed E-state index contributed by atoms with van der Waals surface area (Å²) in [5, 5.41) is 6.95. The Balaban J connectivity index is 1.59. The number of rotatable bonds is 5. The number of hydrogen-bond acceptors (Lipinski definition) is 4. The van der Waals surface area contributed by atoms with E-state index in [1.54, 1.807) is 0 Å². The van der Waals surface area contributed by atoms with Crippen LogP contribution in [0.5, 0.6) is 0 Å². The van der Waals surface area contributed by atoms with Crippen molar-refractivity contribution in [2.75, 3.05) is 5.32 Å². The molecule has 1 N–H and O–H groups in total. The minimum atomic E-state index is -0.389. The number of aromatic nitrogens is 3. The highest BCUT2D eigenvalue weighted by molar-refractivity contribution is 6.04. The predicted molar refractivity (Wildman–Crippen MR) is 126 cm³/mol. The van der Waals surface area contributed by atoms with E-state index < -0.39 is 0 Å². The molecule has 0 aliphatic heterocycles. The molecule has 2 aromatic heterocycles. The number of nitrogens with one attached hydrogen (secondary N) is 1. The molecule has 0 radical (unpaired) electrons. The van der Waals surface area contributed by atoms with Crippen molar-refractivity contribution in [1.29, 1.82) is 0 Å². The fraction of sp³-hybridized carbons (Fsp3) is 0.640. The van der Waals surface area contributed by atoms with Gasteiger partial charge in [0.1, 0.15) is 5.69 Å². The minimum Gasteiger partial charge on any atom is -0.356 e. The van der Waals surface area contributed by atoms with Gasteiger partial charge in [0, 0.05) is 12.6 Å². The van der Waals surface area contributed by atoms with Crippen molar-refractivity contribution in [3.05, 3.63) is 38.6 Å². The highest BCUT2D eigenvalue weighted by Crippen LogP contribution is 2.38. The van der Waals surface area contributed by atoms with Gasteiger partial charge in [-0.1, -0.05) is 43.3 Å². The maximum atomic E-state index is 13.2. The quantitative estimate of drug-likeness (QED) is 0.662. The molecule has 7 nitrogen and oxygen atoms in total. The van der Waals surface area contributed by atoms with Crippen molar-refractivity contribution >= 4 is 17.2 Å². The van der Waals surface area contributed by atoms with Gasteiger partial charge < -0.3 is 9.84 Å². The first kappa shape index (κ1) is 22.6. The SMILES string of the molecule is CCC1CCC(c2onc(C(=O)Nc3c(C)n(C)n(C4CCCCC4)c3=O)c2C)=C(C)C1. The van der Waals surface area contributed by atoms with E-state index in [4.69, 9.17) is 4.52 Å². The predicted octanol–water partition coefficient (Wildman–Crippen LogP) is 5.53. The zero-order chi connectivity index (χ0) is 23.0. The molecule has 0 bridgehead atoms. The van der Waals surface area contributed by atoms with E-state index in [0.717, 1.165) is 62.1 Å². The van der Waals surface area contributed by atoms with Crippen LogP contribution in [0.4, 0.5) is 5.69 Å². The highest BCUT2D eigenvalue weighted by Gasteiger charge is 2.28. The molecular weight excluding hydrogens is 404 g/mol. The highest BCUT2D eigenvalue weighted by atomic mass is 16.5. The van der Waals surface area contributed by atoms with Gasteiger partial charge in [-0.25, -0.2) is 4.68 Å². The Hall–Kier alpha value is -2.57. The molecule has 2 aliphatic rings. The van der Waals surface area contributed by atoms with Crippen molar-refractivity contribution in [2.24, 2.45) is 13.0 Å². The first-order valence-corrected chi connectivity index (χ1v) is 12.1. The van der Waals surface area contributed by atoms with E-state index in [0.29, 0.717) is 11.4 Å². The number of nitrogens with zero attached hydrogens (tertiary/aromatic N) is 3. The number of carbonyl (C=O) groups is 1. The Labute approximate surface area is 189 Å². The van der Waals surface area contributed by atoms with Gasteiger partial charge in [-0.05, 0) is 64.4 Å². The number of carbonyl (C=O) groups excluding carboxylic acids is 1. The van der Waals surface area contributed by atoms with Gasteiger partial charge in [0.15, 0.2) is 11.5 Å². The van der Waals surface area contributed by atoms with Crippen LogP contribution in [-0.4, -0.2) is 20.4 Å². The molecule has 2 aromatic rings. The molecule has 2 aliphatic carbocycles. The fourth-order valence-corrected chi connectivity index (χ4v) is 5.49. The molecular formula is C25H36N4O3. The Bertz CT molecular complexity index is 1100. The largest absolute Gasteiger partial charge is 0.356 e. The molecule has 0 spiro atoms. The summed E-state index contributed by atoms with van der Waals surface area (Å²) in [6, 6.07) is 0.194. The molecule has 4 rings (SSSR count). The monoisotopic (exact) mass is 440 g/mol. The lowest BCUT2D eigenvalue weighted by molar-refractivity contribution is 0.101. The second-order valence-corrected chi connectivity index (χ2v) is 9.64. The number of anilines is 1. The zero-order valence-corrected chi connectivity index (χ0v) is 20.1. The van der Waals surface area contributed by atoms with Crippen LogP contribution < -0.4 is 10.9 Å². The summed E-state index contributed by atoms with van der Waals surface area (Å²) < 4.78 is 9.36. The summed E-state index contributed by atoms with van der Waals surface area (Å²) in [6.07, 6.45) is 9.84. The van der Waals surface area contributed by atoms with Gasteiger partial charge in [0.2, 0.25) is 0 Å². The second-order valence-electron chi connectivity index (χ2n) is 9.64. The van der Waals surface area contributed by atoms with E-state index in [-0.39, 0.29) is 23.2 Å². The molecule has 2 heterocycles. The Morgan fingerprint density at radius 3 is 2.53 bits per heavy atom. The molecule has 1 amide bonds. The molecule has 32 heavy (non-hydrogen) atoms. The van der Waals surface area contributed by atoms with Crippen LogP contribution in [0.2, 0.25) is 0 Å². The minimum absolute atomic E-state index is 0.136. The van der Waals surface area contributed by atoms with Crippen LogP contribution in [0.15, 0.2) is 14.9 Å². The van der Waals surface area contributed by atoms with Gasteiger partial charge in [-0.15, -0.1) is 0 Å². The number of amides is 1. The summed E-state index contributed by atoms with van der Waals surface area (Å²) in [7, 11) is 1.89. The third kappa shape index (κ3) is 3.97. The maximum Gasteiger partial charge on any atom is 0.291 e. The smallest absolute Gasteiger partial charge is 0.291 e. The maximum absolute atomic E-state index is 13.2. The Kier molecular flexibility index (Phi) is 6.45. The van der Waals surface area contributed by atoms with E-state index in [2.05, 4.69) is 24.3 Å². The lowest BCUT2D eigenvalue weighted by Crippen LogP contribution is -2.29. The molecule has 1 unspecified atom stereocenters. The summed E-state index contributed by atoms with van der Waals surface area (Å²) in [4.78, 5) is 26.3. The van der Waals surface area contributed by atoms with Gasteiger partial charge in [-0.2, -0.15) is 0 Å². The fourth-order valence-electron chi connectivity index (χ4n) is 5.49. The van der Waals surface area contributed by atoms with E-state index in [1.165, 1.54) is 24.0 Å². The van der Waals surface area contributed by atoms with Gasteiger partial charge in [-0.3, -0.25) is 14.3 Å². The van der Waals surface area contributed by atoms with Crippen LogP contribution in [0.3, 0.4) is 0 Å². The van der Waals surface area contributed by atoms with Crippen LogP contribution in [0.25, 0.3) is 5.57 Å². The van der Waals surface area contributed by atoms with Crippen LogP contribution in [-0.2, 0) is 7.05 Å². The first-order valence-electron chi connectivity index (χ1n) is 12.1. The van der Waals surface area contributed by atoms with E-state index in [1.807, 2.05) is 30.3 Å². The summed E-state index contributed by atoms with van der Waals surface area (Å²) in [6.45, 7) is 8.14. The van der Waals surface area contributed by atoms with Gasteiger partial charge >= 0.3 is 0 Å². The van der Waals surface area contributed by atoms with Crippen molar-refractivity contribution in [2.45, 2.75) is 91.5 Å². The standard InChI is InChI=1S/C25H36N4O3/c1-6-18-12-13-20(15(2)14-18)23-16(3)21(27-32-23)24(30)26-22-17(4)28(5)29(25(22)31)19-10-8-7-9-11-19/h18-19H,6-14H2,1-5H3,(H,26,30). The lowest BCUT2D eigenvalue weighted by atomic mass is 9.82. The average molecular weight is 441 g/mol. The number of hydrogen-bond donors (Lipinski definition) is 1. The van der Waals surface area contributed by atoms with Crippen LogP contribution in [0, 0.1) is 19.8 Å². The normalized spacial score (nSPS) is 20.1. The molecule has 1 saturated carbocycles. The summed E-state index contributed by atoms with van der Waals surface area (Å²) in [5.41, 5.74) is 4.45. The lowest BCUT2D eigenvalue weighted by Gasteiger charge is -2.24. The molecule has 0 saturated heterocycles. The molecule has 1 fully saturated rings. The molecule has 1 atom stereocenters. The van der Waals surface area contributed by atoms with E-state index >= 15 is 0 Å². The molecule has 174 valence electrons. The first-order chi connectivity index (χ1) is 15.3. The van der Waals surface area contributed by atoms with Crippen molar-refractivity contribution in [1.82, 2.24) is 14.5 Å². The van der Waals surface area contributed by atoms with Gasteiger partial charge in [0.25, 0.3) is 11.5 Å². The van der Waals surface area contributed by atoms with Crippen molar-refractivity contribution in [3.8, 4) is 0 Å². The Morgan fingerprint density at radius 2 is 1.88 bits per heavy atom. The Morgan fingerprint density at radius 1 is 1.16 bits per heavy atom. The number of allylic oxidation sites excluding steroid dienone is 2. The summed E-state index contributed by atoms with van der Waals surface area (Å²) >= 11 is 0. The third-order valence-electron chi connectivity index (χ3n) is 7.65. The van der Waals surface area contributed by atoms with Crippen molar-refractivity contribution in [3.63, 3.8) is 0 Å². The van der Waals surface area contributed by atoms with Crippen molar-refractivity contribution < 1.29 is 9.32 Å². The zero-order valence-electron chi connectivity index (χ0n) is 20.1. The average Bonchev–Trinajstić information content (AvgIpc) is 3.27. The molecule has 0 aromatic carbocycles.